The summed E-state index contributed by atoms with van der Waals surface area (Å²) >= 11 is 1.52. The highest BCUT2D eigenvalue weighted by Crippen LogP contribution is 2.22. The van der Waals surface area contributed by atoms with Gasteiger partial charge in [0, 0.05) is 16.3 Å². The van der Waals surface area contributed by atoms with E-state index in [1.165, 1.54) is 17.4 Å². The predicted octanol–water partition coefficient (Wildman–Crippen LogP) is 3.11. The smallest absolute Gasteiger partial charge is 0.330 e. The molecule has 88 valence electrons. The minimum Gasteiger partial charge on any atom is -0.496 e. The number of methoxy groups -OCH3 is 1. The van der Waals surface area contributed by atoms with Crippen LogP contribution in [0.5, 0.6) is 5.75 Å². The van der Waals surface area contributed by atoms with E-state index in [4.69, 9.17) is 9.47 Å². The zero-order chi connectivity index (χ0) is 11.8. The van der Waals surface area contributed by atoms with Crippen LogP contribution in [0.25, 0.3) is 6.08 Å². The molecule has 3 nitrogen and oxygen atoms in total. The molecular weight excluding hydrogens is 224 g/mol. The lowest BCUT2D eigenvalue weighted by Crippen LogP contribution is -2.01. The van der Waals surface area contributed by atoms with Crippen LogP contribution in [-0.4, -0.2) is 19.7 Å². The molecule has 0 spiro atoms. The van der Waals surface area contributed by atoms with Gasteiger partial charge in [0.05, 0.1) is 13.7 Å². The molecule has 1 heterocycles. The number of unbranched alkanes of at least 4 members (excludes halogenated alkanes) is 1. The number of rotatable bonds is 6. The Balaban J connectivity index is 2.37. The van der Waals surface area contributed by atoms with E-state index in [0.717, 1.165) is 23.5 Å². The molecule has 1 aromatic heterocycles. The molecule has 4 heteroatoms. The molecule has 0 aliphatic heterocycles. The Bertz CT molecular complexity index is 355. The molecule has 0 aromatic carbocycles. The quantitative estimate of drug-likeness (QED) is 0.435. The van der Waals surface area contributed by atoms with Crippen LogP contribution in [0, 0.1) is 0 Å². The third-order valence-corrected chi connectivity index (χ3v) is 2.83. The van der Waals surface area contributed by atoms with Crippen LogP contribution in [0.1, 0.15) is 24.6 Å². The highest BCUT2D eigenvalue weighted by atomic mass is 32.1. The summed E-state index contributed by atoms with van der Waals surface area (Å²) < 4.78 is 10.0. The Morgan fingerprint density at radius 1 is 1.56 bits per heavy atom. The highest BCUT2D eigenvalue weighted by molar-refractivity contribution is 7.11. The fourth-order valence-corrected chi connectivity index (χ4v) is 1.79. The first-order valence-corrected chi connectivity index (χ1v) is 6.11. The maximum absolute atomic E-state index is 11.2. The lowest BCUT2D eigenvalue weighted by molar-refractivity contribution is -0.137. The first kappa shape index (κ1) is 12.8. The maximum Gasteiger partial charge on any atom is 0.330 e. The van der Waals surface area contributed by atoms with Gasteiger partial charge in [0.25, 0.3) is 0 Å². The van der Waals surface area contributed by atoms with E-state index < -0.39 is 0 Å². The average Bonchev–Trinajstić information content (AvgIpc) is 2.74. The zero-order valence-electron chi connectivity index (χ0n) is 9.56. The lowest BCUT2D eigenvalue weighted by atomic mass is 10.3. The Labute approximate surface area is 99.7 Å². The third-order valence-electron chi connectivity index (χ3n) is 1.96. The molecule has 1 aromatic rings. The largest absolute Gasteiger partial charge is 0.496 e. The van der Waals surface area contributed by atoms with Gasteiger partial charge in [0.15, 0.2) is 0 Å². The van der Waals surface area contributed by atoms with Crippen LogP contribution in [0.3, 0.4) is 0 Å². The second-order valence-electron chi connectivity index (χ2n) is 3.24. The van der Waals surface area contributed by atoms with Gasteiger partial charge in [-0.15, -0.1) is 11.3 Å². The normalized spacial score (nSPS) is 10.6. The van der Waals surface area contributed by atoms with Crippen LogP contribution >= 0.6 is 11.3 Å². The second kappa shape index (κ2) is 7.06. The van der Waals surface area contributed by atoms with E-state index in [0.29, 0.717) is 6.61 Å². The third kappa shape index (κ3) is 4.49. The molecule has 0 unspecified atom stereocenters. The Hall–Kier alpha value is -1.29. The Morgan fingerprint density at radius 2 is 2.38 bits per heavy atom. The fourth-order valence-electron chi connectivity index (χ4n) is 1.04. The van der Waals surface area contributed by atoms with Gasteiger partial charge in [-0.1, -0.05) is 13.3 Å². The summed E-state index contributed by atoms with van der Waals surface area (Å²) in [5, 5.41) is 1.89. The van der Waals surface area contributed by atoms with E-state index in [-0.39, 0.29) is 5.97 Å². The molecule has 16 heavy (non-hydrogen) atoms. The predicted molar refractivity (Wildman–Crippen MR) is 65.8 cm³/mol. The zero-order valence-corrected chi connectivity index (χ0v) is 10.4. The maximum atomic E-state index is 11.2. The van der Waals surface area contributed by atoms with E-state index in [2.05, 4.69) is 6.92 Å². The SMILES string of the molecule is CCCCOC(=O)/C=C/c1cc(OC)cs1. The Kier molecular flexibility index (Phi) is 5.64. The van der Waals surface area contributed by atoms with E-state index in [1.807, 2.05) is 11.4 Å². The van der Waals surface area contributed by atoms with Crippen molar-refractivity contribution in [2.75, 3.05) is 13.7 Å². The summed E-state index contributed by atoms with van der Waals surface area (Å²) in [7, 11) is 1.62. The van der Waals surface area contributed by atoms with Crippen molar-refractivity contribution in [3.05, 3.63) is 22.4 Å². The molecule has 0 aliphatic carbocycles. The standard InChI is InChI=1S/C12H16O3S/c1-3-4-7-15-12(13)6-5-11-8-10(14-2)9-16-11/h5-6,8-9H,3-4,7H2,1-2H3/b6-5+. The van der Waals surface area contributed by atoms with Gasteiger partial charge in [-0.3, -0.25) is 0 Å². The van der Waals surface area contributed by atoms with E-state index >= 15 is 0 Å². The van der Waals surface area contributed by atoms with Crippen molar-refractivity contribution in [2.45, 2.75) is 19.8 Å². The average molecular weight is 240 g/mol. The van der Waals surface area contributed by atoms with Crippen molar-refractivity contribution in [1.29, 1.82) is 0 Å². The summed E-state index contributed by atoms with van der Waals surface area (Å²) in [6.07, 6.45) is 5.12. The number of ether oxygens (including phenoxy) is 2. The van der Waals surface area contributed by atoms with Crippen molar-refractivity contribution >= 4 is 23.4 Å². The lowest BCUT2D eigenvalue weighted by Gasteiger charge is -1.98. The Morgan fingerprint density at radius 3 is 3.00 bits per heavy atom. The molecule has 0 amide bonds. The number of carbonyl (C=O) groups is 1. The number of hydrogen-bond acceptors (Lipinski definition) is 4. The molecule has 0 radical (unpaired) electrons. The summed E-state index contributed by atoms with van der Waals surface area (Å²) in [4.78, 5) is 12.2. The first-order valence-electron chi connectivity index (χ1n) is 5.23. The van der Waals surface area contributed by atoms with Gasteiger partial charge >= 0.3 is 5.97 Å². The van der Waals surface area contributed by atoms with Crippen LogP contribution in [0.2, 0.25) is 0 Å². The van der Waals surface area contributed by atoms with Gasteiger partial charge in [0.2, 0.25) is 0 Å². The highest BCUT2D eigenvalue weighted by Gasteiger charge is 1.98. The summed E-state index contributed by atoms with van der Waals surface area (Å²) in [5.74, 6) is 0.518. The van der Waals surface area contributed by atoms with E-state index in [9.17, 15) is 4.79 Å². The summed E-state index contributed by atoms with van der Waals surface area (Å²) in [6, 6.07) is 1.88. The van der Waals surface area contributed by atoms with Crippen molar-refractivity contribution in [1.82, 2.24) is 0 Å². The minimum atomic E-state index is -0.291. The van der Waals surface area contributed by atoms with Crippen LogP contribution in [-0.2, 0) is 9.53 Å². The molecular formula is C12H16O3S. The monoisotopic (exact) mass is 240 g/mol. The number of hydrogen-bond donors (Lipinski definition) is 0. The van der Waals surface area contributed by atoms with Gasteiger partial charge < -0.3 is 9.47 Å². The van der Waals surface area contributed by atoms with Crippen LogP contribution in [0.15, 0.2) is 17.5 Å². The topological polar surface area (TPSA) is 35.5 Å². The molecule has 0 N–H and O–H groups in total. The van der Waals surface area contributed by atoms with Crippen molar-refractivity contribution in [3.63, 3.8) is 0 Å². The summed E-state index contributed by atoms with van der Waals surface area (Å²) in [5.41, 5.74) is 0. The van der Waals surface area contributed by atoms with Crippen molar-refractivity contribution < 1.29 is 14.3 Å². The molecule has 1 rings (SSSR count). The molecule has 0 fully saturated rings. The second-order valence-corrected chi connectivity index (χ2v) is 4.19. The van der Waals surface area contributed by atoms with Crippen LogP contribution in [0.4, 0.5) is 0 Å². The number of thiophene rings is 1. The fraction of sp³-hybridized carbons (Fsp3) is 0.417. The number of carbonyl (C=O) groups excluding carboxylic acids is 1. The molecule has 0 bridgehead atoms. The van der Waals surface area contributed by atoms with Gasteiger partial charge in [-0.05, 0) is 18.6 Å². The van der Waals surface area contributed by atoms with Crippen molar-refractivity contribution in [2.24, 2.45) is 0 Å². The van der Waals surface area contributed by atoms with E-state index in [1.54, 1.807) is 13.2 Å². The van der Waals surface area contributed by atoms with Gasteiger partial charge in [0.1, 0.15) is 5.75 Å². The first-order chi connectivity index (χ1) is 7.76. The molecule has 0 atom stereocenters. The molecule has 0 aliphatic rings. The number of esters is 1. The van der Waals surface area contributed by atoms with Crippen LogP contribution < -0.4 is 4.74 Å². The molecule has 0 saturated heterocycles. The summed E-state index contributed by atoms with van der Waals surface area (Å²) in [6.45, 7) is 2.55. The molecule has 0 saturated carbocycles. The van der Waals surface area contributed by atoms with Gasteiger partial charge in [-0.2, -0.15) is 0 Å². The van der Waals surface area contributed by atoms with Crippen molar-refractivity contribution in [3.8, 4) is 5.75 Å². The van der Waals surface area contributed by atoms with Gasteiger partial charge in [-0.25, -0.2) is 4.79 Å². The minimum absolute atomic E-state index is 0.291.